The molecule has 2 aromatic carbocycles. The maximum absolute atomic E-state index is 14.7. The fraction of sp³-hybridized carbons (Fsp3) is 0.357. The molecule has 40 heavy (non-hydrogen) atoms. The number of alkyl halides is 4. The summed E-state index contributed by atoms with van der Waals surface area (Å²) >= 11 is 0. The highest BCUT2D eigenvalue weighted by molar-refractivity contribution is 5.96. The average Bonchev–Trinajstić information content (AvgIpc) is 3.62. The lowest BCUT2D eigenvalue weighted by Crippen LogP contribution is -2.46. The van der Waals surface area contributed by atoms with Crippen molar-refractivity contribution in [1.82, 2.24) is 24.2 Å². The number of hydrogen-bond donors (Lipinski definition) is 2. The van der Waals surface area contributed by atoms with Gasteiger partial charge < -0.3 is 29.2 Å². The Hall–Kier alpha value is -4.06. The van der Waals surface area contributed by atoms with E-state index in [1.165, 1.54) is 0 Å². The normalized spacial score (nSPS) is 18.6. The molecule has 0 unspecified atom stereocenters. The van der Waals surface area contributed by atoms with Crippen LogP contribution in [0, 0.1) is 0 Å². The van der Waals surface area contributed by atoms with E-state index >= 15 is 0 Å². The van der Waals surface area contributed by atoms with Gasteiger partial charge in [-0.25, -0.2) is 4.39 Å². The lowest BCUT2D eigenvalue weighted by Gasteiger charge is -2.33. The fourth-order valence-corrected chi connectivity index (χ4v) is 5.42. The summed E-state index contributed by atoms with van der Waals surface area (Å²) in [6.07, 6.45) is -3.03. The largest absolute Gasteiger partial charge is 0.406 e. The molecule has 1 aliphatic heterocycles. The first-order chi connectivity index (χ1) is 19.2. The van der Waals surface area contributed by atoms with Gasteiger partial charge in [-0.1, -0.05) is 17.3 Å². The zero-order valence-corrected chi connectivity index (χ0v) is 22.0. The van der Waals surface area contributed by atoms with Crippen molar-refractivity contribution in [2.75, 3.05) is 30.8 Å². The summed E-state index contributed by atoms with van der Waals surface area (Å²) < 4.78 is 64.3. The molecule has 1 aliphatic rings. The molecule has 1 saturated heterocycles. The molecular formula is C28H29F4N7O. The van der Waals surface area contributed by atoms with Crippen LogP contribution in [0.5, 0.6) is 0 Å². The molecule has 8 nitrogen and oxygen atoms in total. The molecule has 2 N–H and O–H groups in total. The van der Waals surface area contributed by atoms with E-state index in [9.17, 15) is 17.6 Å². The third-order valence-corrected chi connectivity index (χ3v) is 7.42. The smallest absolute Gasteiger partial charge is 0.379 e. The van der Waals surface area contributed by atoms with Crippen molar-refractivity contribution in [1.29, 1.82) is 0 Å². The van der Waals surface area contributed by atoms with Crippen LogP contribution in [0.15, 0.2) is 59.3 Å². The molecule has 1 fully saturated rings. The van der Waals surface area contributed by atoms with Crippen LogP contribution in [0.1, 0.15) is 12.3 Å². The predicted molar refractivity (Wildman–Crippen MR) is 146 cm³/mol. The number of piperidine rings is 1. The van der Waals surface area contributed by atoms with Gasteiger partial charge in [0.25, 0.3) is 0 Å². The van der Waals surface area contributed by atoms with Crippen LogP contribution in [0.4, 0.5) is 28.9 Å². The van der Waals surface area contributed by atoms with Crippen molar-refractivity contribution in [2.45, 2.75) is 37.9 Å². The lowest BCUT2D eigenvalue weighted by atomic mass is 10.0. The van der Waals surface area contributed by atoms with E-state index in [0.717, 1.165) is 27.7 Å². The number of halogens is 4. The Morgan fingerprint density at radius 1 is 1.02 bits per heavy atom. The Bertz CT molecular complexity index is 1650. The molecule has 2 atom stereocenters. The molecule has 5 aromatic rings. The van der Waals surface area contributed by atoms with E-state index in [1.54, 1.807) is 24.3 Å². The summed E-state index contributed by atoms with van der Waals surface area (Å²) in [5, 5.41) is 12.1. The molecular weight excluding hydrogens is 526 g/mol. The summed E-state index contributed by atoms with van der Waals surface area (Å²) in [6.45, 7) is -0.00598. The number of nitrogens with zero attached hydrogens (tertiary/aromatic N) is 5. The van der Waals surface area contributed by atoms with Crippen LogP contribution in [0.2, 0.25) is 0 Å². The first kappa shape index (κ1) is 26.2. The van der Waals surface area contributed by atoms with Crippen molar-refractivity contribution in [3.63, 3.8) is 0 Å². The highest BCUT2D eigenvalue weighted by Crippen LogP contribution is 2.35. The number of fused-ring (bicyclic) bond motifs is 2. The quantitative estimate of drug-likeness (QED) is 0.247. The second kappa shape index (κ2) is 10.2. The van der Waals surface area contributed by atoms with Crippen LogP contribution in [0.3, 0.4) is 0 Å². The highest BCUT2D eigenvalue weighted by Gasteiger charge is 2.32. The van der Waals surface area contributed by atoms with Crippen molar-refractivity contribution in [3.05, 3.63) is 60.6 Å². The van der Waals surface area contributed by atoms with Gasteiger partial charge in [-0.15, -0.1) is 0 Å². The molecule has 0 saturated carbocycles. The number of benzene rings is 2. The molecule has 0 aliphatic carbocycles. The Labute approximate surface area is 227 Å². The van der Waals surface area contributed by atoms with Crippen LogP contribution in [-0.2, 0) is 20.1 Å². The number of likely N-dealkylation sites (tertiary alicyclic amines) is 1. The van der Waals surface area contributed by atoms with Gasteiger partial charge in [0.05, 0.1) is 23.8 Å². The van der Waals surface area contributed by atoms with Gasteiger partial charge in [-0.3, -0.25) is 0 Å². The molecule has 0 radical (unpaired) electrons. The number of aromatic nitrogens is 4. The van der Waals surface area contributed by atoms with Gasteiger partial charge in [0, 0.05) is 54.0 Å². The number of hydrogen-bond acceptors (Lipinski definition) is 6. The third-order valence-electron chi connectivity index (χ3n) is 7.42. The summed E-state index contributed by atoms with van der Waals surface area (Å²) in [4.78, 5) is 6.33. The maximum Gasteiger partial charge on any atom is 0.406 e. The van der Waals surface area contributed by atoms with Gasteiger partial charge in [0.15, 0.2) is 0 Å². The monoisotopic (exact) mass is 555 g/mol. The second-order valence-corrected chi connectivity index (χ2v) is 10.3. The van der Waals surface area contributed by atoms with E-state index in [2.05, 4.69) is 20.8 Å². The molecule has 0 bridgehead atoms. The van der Waals surface area contributed by atoms with E-state index < -0.39 is 24.9 Å². The van der Waals surface area contributed by atoms with Gasteiger partial charge in [0.2, 0.25) is 11.7 Å². The summed E-state index contributed by atoms with van der Waals surface area (Å²) in [5.41, 5.74) is 3.01. The first-order valence-corrected chi connectivity index (χ1v) is 13.1. The molecule has 12 heteroatoms. The number of rotatable bonds is 7. The summed E-state index contributed by atoms with van der Waals surface area (Å²) in [7, 11) is 3.82. The second-order valence-electron chi connectivity index (χ2n) is 10.3. The van der Waals surface area contributed by atoms with E-state index in [0.29, 0.717) is 29.6 Å². The van der Waals surface area contributed by atoms with Crippen LogP contribution in [-0.4, -0.2) is 62.7 Å². The van der Waals surface area contributed by atoms with E-state index in [4.69, 9.17) is 4.52 Å². The molecule has 0 amide bonds. The molecule has 6 rings (SSSR count). The zero-order chi connectivity index (χ0) is 28.0. The number of aryl methyl sites for hydroxylation is 1. The summed E-state index contributed by atoms with van der Waals surface area (Å²) in [5.74, 6) is 0.278. The lowest BCUT2D eigenvalue weighted by molar-refractivity contribution is -0.139. The molecule has 210 valence electrons. The first-order valence-electron chi connectivity index (χ1n) is 13.1. The molecule has 3 aromatic heterocycles. The van der Waals surface area contributed by atoms with Crippen molar-refractivity contribution in [2.24, 2.45) is 7.05 Å². The van der Waals surface area contributed by atoms with Gasteiger partial charge >= 0.3 is 6.18 Å². The molecule has 0 spiro atoms. The Kier molecular flexibility index (Phi) is 6.65. The zero-order valence-electron chi connectivity index (χ0n) is 22.0. The van der Waals surface area contributed by atoms with Crippen LogP contribution < -0.4 is 10.6 Å². The van der Waals surface area contributed by atoms with Gasteiger partial charge in [-0.2, -0.15) is 18.2 Å². The maximum atomic E-state index is 14.7. The number of nitrogens with one attached hydrogen (secondary N) is 2. The minimum absolute atomic E-state index is 0.0452. The standard InChI is InChI=1S/C28H29F4N7O/c1-37-11-10-22(19(29)15-37)34-21-6-4-8-24-18(21)13-25(39(24)16-28(30,31)32)27-35-26(40-36-27)14-33-20-5-3-7-23-17(20)9-12-38(23)2/h3-9,12-13,19,22,33-34H,10-11,14-16H2,1-2H3/t19-,22+/m0/s1. The van der Waals surface area contributed by atoms with Crippen molar-refractivity contribution >= 4 is 33.2 Å². The minimum Gasteiger partial charge on any atom is -0.379 e. The fourth-order valence-electron chi connectivity index (χ4n) is 5.42. The topological polar surface area (TPSA) is 76.1 Å². The van der Waals surface area contributed by atoms with E-state index in [1.807, 2.05) is 54.0 Å². The van der Waals surface area contributed by atoms with Crippen LogP contribution in [0.25, 0.3) is 33.3 Å². The Morgan fingerprint density at radius 2 is 1.80 bits per heavy atom. The minimum atomic E-state index is -4.48. The van der Waals surface area contributed by atoms with Gasteiger partial charge in [-0.05, 0) is 49.9 Å². The van der Waals surface area contributed by atoms with Crippen LogP contribution >= 0.6 is 0 Å². The van der Waals surface area contributed by atoms with E-state index in [-0.39, 0.29) is 24.0 Å². The third kappa shape index (κ3) is 5.10. The highest BCUT2D eigenvalue weighted by atomic mass is 19.4. The Morgan fingerprint density at radius 3 is 2.58 bits per heavy atom. The summed E-state index contributed by atoms with van der Waals surface area (Å²) in [6, 6.07) is 14.1. The average molecular weight is 556 g/mol. The number of anilines is 2. The molecule has 4 heterocycles. The SMILES string of the molecule is CN1CC[C@@H](Nc2cccc3c2cc(-c2noc(CNc4cccc5c4ccn5C)n2)n3CC(F)(F)F)[C@@H](F)C1. The van der Waals surface area contributed by atoms with Crippen molar-refractivity contribution in [3.8, 4) is 11.5 Å². The Balaban J connectivity index is 1.31. The predicted octanol–water partition coefficient (Wildman–Crippen LogP) is 5.81. The van der Waals surface area contributed by atoms with Crippen molar-refractivity contribution < 1.29 is 22.1 Å². The van der Waals surface area contributed by atoms with Gasteiger partial charge in [0.1, 0.15) is 12.7 Å².